The van der Waals surface area contributed by atoms with Crippen LogP contribution < -0.4 is 4.74 Å². The van der Waals surface area contributed by atoms with Gasteiger partial charge in [-0.15, -0.1) is 12.1 Å². The standard InChI is InChI=1S/C54H38N6O.Pd/c1-29-23-31(3)49(32(4)24-29)45-21-19-39-37-17-15-35(27-41(37)53-55-43-11-7-9-13-47(43)59(53)51(39)57-45)61-36-16-18-38-40-20-22-46(50-33(5)25-30(2)26-34(50)6)58-52(40)60-48-14-10-8-12-44(48)56-54(60)42(38)28-36;/h7-26H,1-6H3;/q-2;+2. The van der Waals surface area contributed by atoms with E-state index in [0.29, 0.717) is 11.5 Å². The summed E-state index contributed by atoms with van der Waals surface area (Å²) in [6.45, 7) is 12.9. The number of imidazole rings is 2. The van der Waals surface area contributed by atoms with Crippen molar-refractivity contribution in [1.29, 1.82) is 0 Å². The van der Waals surface area contributed by atoms with Gasteiger partial charge in [0.25, 0.3) is 0 Å². The summed E-state index contributed by atoms with van der Waals surface area (Å²) in [5.74, 6) is 1.12. The van der Waals surface area contributed by atoms with Gasteiger partial charge in [-0.25, -0.2) is 9.97 Å². The Bertz CT molecular complexity index is 3580. The molecule has 0 radical (unpaired) electrons. The van der Waals surface area contributed by atoms with Crippen LogP contribution >= 0.6 is 0 Å². The van der Waals surface area contributed by atoms with Crippen LogP contribution in [0.4, 0.5) is 0 Å². The van der Waals surface area contributed by atoms with Crippen molar-refractivity contribution in [2.24, 2.45) is 0 Å². The van der Waals surface area contributed by atoms with Gasteiger partial charge in [0, 0.05) is 22.6 Å². The Labute approximate surface area is 371 Å². The van der Waals surface area contributed by atoms with Crippen LogP contribution in [0.2, 0.25) is 0 Å². The Hall–Kier alpha value is -6.98. The fraction of sp³-hybridized carbons (Fsp3) is 0.111. The molecule has 8 heteroatoms. The summed E-state index contributed by atoms with van der Waals surface area (Å²) < 4.78 is 11.0. The molecule has 0 amide bonds. The third kappa shape index (κ3) is 5.67. The van der Waals surface area contributed by atoms with Gasteiger partial charge < -0.3 is 13.5 Å². The maximum atomic E-state index is 6.67. The Morgan fingerprint density at radius 3 is 1.23 bits per heavy atom. The number of hydrogen-bond donors (Lipinski definition) is 0. The summed E-state index contributed by atoms with van der Waals surface area (Å²) in [7, 11) is 0. The minimum atomic E-state index is 0. The van der Waals surface area contributed by atoms with Gasteiger partial charge >= 0.3 is 20.4 Å². The van der Waals surface area contributed by atoms with Gasteiger partial charge in [-0.3, -0.25) is 9.97 Å². The van der Waals surface area contributed by atoms with Gasteiger partial charge in [-0.1, -0.05) is 118 Å². The topological polar surface area (TPSA) is 69.6 Å². The molecular formula is C54H38N6OPd. The van der Waals surface area contributed by atoms with E-state index < -0.39 is 0 Å². The number of pyridine rings is 4. The second kappa shape index (κ2) is 14.0. The van der Waals surface area contributed by atoms with Crippen molar-refractivity contribution in [2.75, 3.05) is 0 Å². The fourth-order valence-corrected chi connectivity index (χ4v) is 9.91. The summed E-state index contributed by atoms with van der Waals surface area (Å²) in [6, 6.07) is 49.4. The largest absolute Gasteiger partial charge is 2.00 e. The normalized spacial score (nSPS) is 11.9. The van der Waals surface area contributed by atoms with Gasteiger partial charge in [0.15, 0.2) is 0 Å². The second-order valence-corrected chi connectivity index (χ2v) is 16.5. The van der Waals surface area contributed by atoms with Crippen molar-refractivity contribution in [2.45, 2.75) is 41.5 Å². The smallest absolute Gasteiger partial charge is 0.497 e. The van der Waals surface area contributed by atoms with Crippen LogP contribution in [0.3, 0.4) is 0 Å². The zero-order chi connectivity index (χ0) is 41.3. The zero-order valence-electron chi connectivity index (χ0n) is 35.0. The zero-order valence-corrected chi connectivity index (χ0v) is 36.5. The number of aromatic nitrogens is 6. The molecule has 6 aromatic heterocycles. The van der Waals surface area contributed by atoms with Crippen molar-refractivity contribution >= 4 is 77.0 Å². The third-order valence-corrected chi connectivity index (χ3v) is 12.2. The average molecular weight is 893 g/mol. The third-order valence-electron chi connectivity index (χ3n) is 12.2. The minimum Gasteiger partial charge on any atom is -0.497 e. The quantitative estimate of drug-likeness (QED) is 0.1000. The molecule has 0 atom stereocenters. The van der Waals surface area contributed by atoms with Crippen molar-refractivity contribution in [1.82, 2.24) is 28.7 Å². The summed E-state index contributed by atoms with van der Waals surface area (Å²) in [5.41, 5.74) is 18.6. The first-order chi connectivity index (χ1) is 29.7. The van der Waals surface area contributed by atoms with Crippen LogP contribution in [0, 0.1) is 53.7 Å². The first-order valence-corrected chi connectivity index (χ1v) is 20.6. The van der Waals surface area contributed by atoms with Crippen LogP contribution in [-0.4, -0.2) is 28.7 Å². The SMILES string of the molecule is Cc1cc(C)c(-c2ccc3c4ccc(Oc5[c-]c6c(cc5)c5ccc(-c7c(C)cc(C)cc7C)nc5n5c7ccccc7nc65)[c-]c4c4nc5ccccc5n4c3n2)c(C)c1.[Pd+2]. The van der Waals surface area contributed by atoms with Gasteiger partial charge in [0.2, 0.25) is 0 Å². The predicted octanol–water partition coefficient (Wildman–Crippen LogP) is 13.3. The average Bonchev–Trinajstić information content (AvgIpc) is 3.83. The van der Waals surface area contributed by atoms with E-state index >= 15 is 0 Å². The number of aryl methyl sites for hydroxylation is 6. The summed E-state index contributed by atoms with van der Waals surface area (Å²) in [5, 5.41) is 5.75. The molecule has 0 saturated heterocycles. The summed E-state index contributed by atoms with van der Waals surface area (Å²) in [4.78, 5) is 21.1. The molecule has 0 N–H and O–H groups in total. The molecule has 62 heavy (non-hydrogen) atoms. The molecule has 0 spiro atoms. The minimum absolute atomic E-state index is 0. The maximum Gasteiger partial charge on any atom is 2.00 e. The monoisotopic (exact) mass is 892 g/mol. The Kier molecular flexibility index (Phi) is 8.60. The molecule has 0 aliphatic rings. The van der Waals surface area contributed by atoms with Crippen molar-refractivity contribution in [3.05, 3.63) is 167 Å². The number of fused-ring (bicyclic) bond motifs is 16. The molecule has 0 unspecified atom stereocenters. The molecule has 12 rings (SSSR count). The Balaban J connectivity index is 0.00000432. The molecule has 0 aliphatic carbocycles. The van der Waals surface area contributed by atoms with E-state index in [2.05, 4.69) is 135 Å². The number of rotatable bonds is 4. The van der Waals surface area contributed by atoms with Crippen LogP contribution in [0.1, 0.15) is 33.4 Å². The van der Waals surface area contributed by atoms with E-state index in [1.165, 1.54) is 33.4 Å². The molecule has 12 aromatic rings. The molecule has 0 fully saturated rings. The van der Waals surface area contributed by atoms with Gasteiger partial charge in [0.1, 0.15) is 11.3 Å². The summed E-state index contributed by atoms with van der Waals surface area (Å²) >= 11 is 0. The van der Waals surface area contributed by atoms with Crippen LogP contribution in [0.5, 0.6) is 11.5 Å². The molecule has 6 aromatic carbocycles. The van der Waals surface area contributed by atoms with E-state index in [1.54, 1.807) is 0 Å². The summed E-state index contributed by atoms with van der Waals surface area (Å²) in [6.07, 6.45) is 0. The van der Waals surface area contributed by atoms with E-state index in [1.807, 2.05) is 48.5 Å². The number of nitrogens with zero attached hydrogens (tertiary/aromatic N) is 6. The van der Waals surface area contributed by atoms with Crippen molar-refractivity contribution in [3.8, 4) is 34.0 Å². The van der Waals surface area contributed by atoms with Crippen LogP contribution in [0.15, 0.2) is 121 Å². The predicted molar refractivity (Wildman–Crippen MR) is 248 cm³/mol. The first kappa shape index (κ1) is 38.0. The van der Waals surface area contributed by atoms with E-state index in [4.69, 9.17) is 24.7 Å². The molecule has 0 aliphatic heterocycles. The van der Waals surface area contributed by atoms with Gasteiger partial charge in [-0.2, -0.15) is 0 Å². The van der Waals surface area contributed by atoms with Crippen molar-refractivity contribution in [3.63, 3.8) is 0 Å². The molecule has 300 valence electrons. The first-order valence-electron chi connectivity index (χ1n) is 20.6. The number of para-hydroxylation sites is 4. The number of ether oxygens (including phenoxy) is 1. The van der Waals surface area contributed by atoms with Gasteiger partial charge in [-0.05, 0) is 111 Å². The van der Waals surface area contributed by atoms with Gasteiger partial charge in [0.05, 0.1) is 44.7 Å². The van der Waals surface area contributed by atoms with Crippen LogP contribution in [-0.2, 0) is 20.4 Å². The van der Waals surface area contributed by atoms with Crippen LogP contribution in [0.25, 0.3) is 99.5 Å². The molecule has 0 saturated carbocycles. The molecule has 7 nitrogen and oxygen atoms in total. The number of hydrogen-bond acceptors (Lipinski definition) is 5. The molecular weight excluding hydrogens is 855 g/mol. The van der Waals surface area contributed by atoms with Crippen molar-refractivity contribution < 1.29 is 25.2 Å². The van der Waals surface area contributed by atoms with E-state index in [0.717, 1.165) is 99.5 Å². The second-order valence-electron chi connectivity index (χ2n) is 16.5. The Morgan fingerprint density at radius 1 is 0.419 bits per heavy atom. The van der Waals surface area contributed by atoms with E-state index in [9.17, 15) is 0 Å². The fourth-order valence-electron chi connectivity index (χ4n) is 9.91. The molecule has 6 heterocycles. The molecule has 0 bridgehead atoms. The van der Waals surface area contributed by atoms with E-state index in [-0.39, 0.29) is 20.4 Å². The number of benzene rings is 6. The Morgan fingerprint density at radius 2 is 0.806 bits per heavy atom. The maximum absolute atomic E-state index is 6.67.